The highest BCUT2D eigenvalue weighted by Gasteiger charge is 2.23. The van der Waals surface area contributed by atoms with E-state index >= 15 is 0 Å². The first-order valence-electron chi connectivity index (χ1n) is 11.6. The molecule has 1 aliphatic heterocycles. The molecule has 4 aromatic rings. The minimum Gasteiger partial charge on any atom is -0.354 e. The van der Waals surface area contributed by atoms with Gasteiger partial charge in [-0.2, -0.15) is 0 Å². The predicted octanol–water partition coefficient (Wildman–Crippen LogP) is 5.13. The Hall–Kier alpha value is -2.74. The van der Waals surface area contributed by atoms with Gasteiger partial charge in [-0.3, -0.25) is 9.69 Å². The minimum atomic E-state index is -0.293. The highest BCUT2D eigenvalue weighted by atomic mass is 79.9. The lowest BCUT2D eigenvalue weighted by Crippen LogP contribution is -2.48. The molecule has 34 heavy (non-hydrogen) atoms. The molecule has 0 unspecified atom stereocenters. The molecule has 0 aliphatic carbocycles. The van der Waals surface area contributed by atoms with Gasteiger partial charge in [-0.25, -0.2) is 4.98 Å². The van der Waals surface area contributed by atoms with Crippen LogP contribution in [0.5, 0.6) is 0 Å². The smallest absolute Gasteiger partial charge is 0.232 e. The maximum Gasteiger partial charge on any atom is 0.232 e. The van der Waals surface area contributed by atoms with Gasteiger partial charge in [-0.05, 0) is 29.3 Å². The van der Waals surface area contributed by atoms with Gasteiger partial charge in [0.05, 0.1) is 16.1 Å². The molecule has 1 aromatic heterocycles. The summed E-state index contributed by atoms with van der Waals surface area (Å²) in [6, 6.07) is 26.3. The fraction of sp³-hybridized carbons (Fsp3) is 0.259. The van der Waals surface area contributed by atoms with Crippen molar-refractivity contribution in [2.45, 2.75) is 5.92 Å². The number of aromatic nitrogens is 1. The summed E-state index contributed by atoms with van der Waals surface area (Å²) in [7, 11) is 0. The number of anilines is 1. The summed E-state index contributed by atoms with van der Waals surface area (Å²) in [6.07, 6.45) is 0. The molecule has 0 atom stereocenters. The fourth-order valence-electron chi connectivity index (χ4n) is 4.41. The van der Waals surface area contributed by atoms with Gasteiger partial charge in [-0.1, -0.05) is 87.9 Å². The molecular formula is C27H27BrN4OS. The van der Waals surface area contributed by atoms with Crippen molar-refractivity contribution in [2.75, 3.05) is 44.2 Å². The van der Waals surface area contributed by atoms with Crippen molar-refractivity contribution in [2.24, 2.45) is 0 Å². The number of rotatable bonds is 7. The molecule has 1 amide bonds. The molecule has 174 valence electrons. The number of benzene rings is 3. The fourth-order valence-corrected chi connectivity index (χ4v) is 5.98. The molecule has 0 bridgehead atoms. The molecule has 1 saturated heterocycles. The summed E-state index contributed by atoms with van der Waals surface area (Å²) >= 11 is 5.29. The van der Waals surface area contributed by atoms with Gasteiger partial charge in [0.15, 0.2) is 5.13 Å². The summed E-state index contributed by atoms with van der Waals surface area (Å²) in [6.45, 7) is 5.33. The molecule has 0 saturated carbocycles. The highest BCUT2D eigenvalue weighted by molar-refractivity contribution is 9.10. The van der Waals surface area contributed by atoms with Crippen molar-refractivity contribution in [3.05, 3.63) is 94.5 Å². The van der Waals surface area contributed by atoms with Crippen molar-refractivity contribution in [1.82, 2.24) is 15.2 Å². The predicted molar refractivity (Wildman–Crippen MR) is 144 cm³/mol. The third kappa shape index (κ3) is 5.32. The van der Waals surface area contributed by atoms with E-state index in [0.29, 0.717) is 6.54 Å². The Balaban J connectivity index is 1.15. The number of carbonyl (C=O) groups excluding carboxylic acids is 1. The van der Waals surface area contributed by atoms with Crippen LogP contribution in [0.15, 0.2) is 83.3 Å². The summed E-state index contributed by atoms with van der Waals surface area (Å²) in [5, 5.41) is 4.28. The number of nitrogens with zero attached hydrogens (tertiary/aromatic N) is 3. The zero-order chi connectivity index (χ0) is 23.3. The van der Waals surface area contributed by atoms with Crippen LogP contribution >= 0.6 is 27.3 Å². The molecule has 0 radical (unpaired) electrons. The second-order valence-corrected chi connectivity index (χ2v) is 10.4. The average Bonchev–Trinajstić information content (AvgIpc) is 3.29. The normalized spacial score (nSPS) is 14.6. The molecule has 1 fully saturated rings. The summed E-state index contributed by atoms with van der Waals surface area (Å²) in [5.74, 6) is -0.241. The summed E-state index contributed by atoms with van der Waals surface area (Å²) < 4.78 is 2.30. The third-order valence-corrected chi connectivity index (χ3v) is 7.81. The quantitative estimate of drug-likeness (QED) is 0.357. The van der Waals surface area contributed by atoms with E-state index in [1.165, 1.54) is 4.70 Å². The number of hydrogen-bond acceptors (Lipinski definition) is 5. The lowest BCUT2D eigenvalue weighted by Gasteiger charge is -2.34. The highest BCUT2D eigenvalue weighted by Crippen LogP contribution is 2.31. The van der Waals surface area contributed by atoms with E-state index in [1.54, 1.807) is 11.3 Å². The van der Waals surface area contributed by atoms with Crippen LogP contribution in [0.4, 0.5) is 5.13 Å². The Bertz CT molecular complexity index is 1200. The second-order valence-electron chi connectivity index (χ2n) is 8.48. The van der Waals surface area contributed by atoms with Crippen LogP contribution in [-0.2, 0) is 4.79 Å². The van der Waals surface area contributed by atoms with Crippen LogP contribution in [0.25, 0.3) is 10.2 Å². The van der Waals surface area contributed by atoms with Crippen molar-refractivity contribution in [3.63, 3.8) is 0 Å². The van der Waals surface area contributed by atoms with Gasteiger partial charge >= 0.3 is 0 Å². The standard InChI is InChI=1S/C27H27BrN4OS/c28-22-11-12-23-24(19-22)34-27(30-23)32-17-15-31(16-18-32)14-13-29-26(33)25(20-7-3-1-4-8-20)21-9-5-2-6-10-21/h1-12,19,25H,13-18H2,(H,29,33). The Kier molecular flexibility index (Phi) is 7.23. The van der Waals surface area contributed by atoms with Crippen LogP contribution in [0, 0.1) is 0 Å². The summed E-state index contributed by atoms with van der Waals surface area (Å²) in [5.41, 5.74) is 3.09. The minimum absolute atomic E-state index is 0.0525. The van der Waals surface area contributed by atoms with Gasteiger partial charge < -0.3 is 10.2 Å². The molecule has 7 heteroatoms. The Morgan fingerprint density at radius 2 is 1.59 bits per heavy atom. The molecule has 1 aliphatic rings. The largest absolute Gasteiger partial charge is 0.354 e. The SMILES string of the molecule is O=C(NCCN1CCN(c2nc3ccc(Br)cc3s2)CC1)C(c1ccccc1)c1ccccc1. The van der Waals surface area contributed by atoms with Crippen LogP contribution in [0.3, 0.4) is 0 Å². The second kappa shape index (κ2) is 10.7. The van der Waals surface area contributed by atoms with Crippen molar-refractivity contribution in [3.8, 4) is 0 Å². The van der Waals surface area contributed by atoms with Crippen LogP contribution in [0.1, 0.15) is 17.0 Å². The Labute approximate surface area is 212 Å². The third-order valence-electron chi connectivity index (χ3n) is 6.24. The zero-order valence-electron chi connectivity index (χ0n) is 18.9. The number of piperazine rings is 1. The van der Waals surface area contributed by atoms with Crippen LogP contribution in [-0.4, -0.2) is 55.1 Å². The van der Waals surface area contributed by atoms with E-state index in [2.05, 4.69) is 43.2 Å². The lowest BCUT2D eigenvalue weighted by molar-refractivity contribution is -0.121. The molecule has 5 nitrogen and oxygen atoms in total. The van der Waals surface area contributed by atoms with Crippen molar-refractivity contribution in [1.29, 1.82) is 0 Å². The number of carbonyl (C=O) groups is 1. The van der Waals surface area contributed by atoms with E-state index in [0.717, 1.165) is 59.0 Å². The van der Waals surface area contributed by atoms with Gasteiger partial charge in [0, 0.05) is 43.7 Å². The maximum absolute atomic E-state index is 13.2. The van der Waals surface area contributed by atoms with Crippen LogP contribution < -0.4 is 10.2 Å². The molecular weight excluding hydrogens is 508 g/mol. The number of hydrogen-bond donors (Lipinski definition) is 1. The summed E-state index contributed by atoms with van der Waals surface area (Å²) in [4.78, 5) is 22.8. The molecule has 5 rings (SSSR count). The average molecular weight is 536 g/mol. The van der Waals surface area contributed by atoms with E-state index in [4.69, 9.17) is 4.98 Å². The number of halogens is 1. The van der Waals surface area contributed by atoms with E-state index in [1.807, 2.05) is 66.7 Å². The molecule has 1 N–H and O–H groups in total. The van der Waals surface area contributed by atoms with Crippen LogP contribution in [0.2, 0.25) is 0 Å². The zero-order valence-corrected chi connectivity index (χ0v) is 21.3. The Morgan fingerprint density at radius 1 is 0.941 bits per heavy atom. The number of amides is 1. The van der Waals surface area contributed by atoms with Gasteiger partial charge in [0.25, 0.3) is 0 Å². The van der Waals surface area contributed by atoms with Gasteiger partial charge in [0.1, 0.15) is 0 Å². The van der Waals surface area contributed by atoms with Gasteiger partial charge in [-0.15, -0.1) is 0 Å². The number of thiazole rings is 1. The first-order valence-corrected chi connectivity index (χ1v) is 13.2. The van der Waals surface area contributed by atoms with E-state index in [-0.39, 0.29) is 11.8 Å². The first kappa shape index (κ1) is 23.0. The van der Waals surface area contributed by atoms with E-state index < -0.39 is 0 Å². The maximum atomic E-state index is 13.2. The van der Waals surface area contributed by atoms with Crippen molar-refractivity contribution < 1.29 is 4.79 Å². The molecule has 2 heterocycles. The topological polar surface area (TPSA) is 48.5 Å². The van der Waals surface area contributed by atoms with E-state index in [9.17, 15) is 4.79 Å². The monoisotopic (exact) mass is 534 g/mol. The molecule has 0 spiro atoms. The van der Waals surface area contributed by atoms with Gasteiger partial charge in [0.2, 0.25) is 5.91 Å². The Morgan fingerprint density at radius 3 is 2.24 bits per heavy atom. The number of fused-ring (bicyclic) bond motifs is 1. The first-order chi connectivity index (χ1) is 16.7. The molecule has 3 aromatic carbocycles. The number of nitrogens with one attached hydrogen (secondary N) is 1. The van der Waals surface area contributed by atoms with Crippen molar-refractivity contribution >= 4 is 48.5 Å². The lowest BCUT2D eigenvalue weighted by atomic mass is 9.90.